The van der Waals surface area contributed by atoms with Crippen LogP contribution >= 0.6 is 23.2 Å². The van der Waals surface area contributed by atoms with Gasteiger partial charge in [0.25, 0.3) is 0 Å². The average Bonchev–Trinajstić information content (AvgIpc) is 2.90. The van der Waals surface area contributed by atoms with Crippen LogP contribution in [0.1, 0.15) is 32.2 Å². The van der Waals surface area contributed by atoms with Crippen LogP contribution in [0, 0.1) is 6.92 Å². The van der Waals surface area contributed by atoms with Crippen LogP contribution < -0.4 is 9.74 Å². The second kappa shape index (κ2) is 7.54. The lowest BCUT2D eigenvalue weighted by molar-refractivity contribution is 0.0589. The molecule has 2 rings (SSSR count). The van der Waals surface area contributed by atoms with Crippen molar-refractivity contribution < 1.29 is 14.4 Å². The van der Waals surface area contributed by atoms with Gasteiger partial charge in [0.05, 0.1) is 16.9 Å². The van der Waals surface area contributed by atoms with Crippen molar-refractivity contribution in [2.45, 2.75) is 39.9 Å². The van der Waals surface area contributed by atoms with E-state index in [2.05, 4.69) is 4.98 Å². The fourth-order valence-electron chi connectivity index (χ4n) is 2.04. The Hall–Kier alpha value is -1.92. The van der Waals surface area contributed by atoms with Crippen LogP contribution in [0.5, 0.6) is 0 Å². The zero-order valence-corrected chi connectivity index (χ0v) is 16.4. The Morgan fingerprint density at radius 2 is 2.00 bits per heavy atom. The van der Waals surface area contributed by atoms with E-state index < -0.39 is 11.7 Å². The molecule has 0 radical (unpaired) electrons. The topological polar surface area (TPSA) is 56.6 Å². The summed E-state index contributed by atoms with van der Waals surface area (Å²) in [5, 5.41) is 0.780. The Morgan fingerprint density at radius 3 is 2.56 bits per heavy atom. The van der Waals surface area contributed by atoms with Gasteiger partial charge in [-0.2, -0.15) is 4.73 Å². The van der Waals surface area contributed by atoms with Gasteiger partial charge in [0, 0.05) is 23.8 Å². The second-order valence-corrected chi connectivity index (χ2v) is 7.26. The summed E-state index contributed by atoms with van der Waals surface area (Å²) in [7, 11) is 1.59. The Kier molecular flexibility index (Phi) is 5.85. The highest BCUT2D eigenvalue weighted by atomic mass is 35.5. The molecule has 0 bridgehead atoms. The number of carbonyl (C=O) groups excluding carboxylic acids is 1. The fourth-order valence-corrected chi connectivity index (χ4v) is 2.65. The van der Waals surface area contributed by atoms with Crippen molar-refractivity contribution >= 4 is 35.0 Å². The smallest absolute Gasteiger partial charge is 0.414 e. The third-order valence-electron chi connectivity index (χ3n) is 3.32. The molecule has 0 fully saturated rings. The minimum absolute atomic E-state index is 0.130. The summed E-state index contributed by atoms with van der Waals surface area (Å²) >= 11 is 12.7. The highest BCUT2D eigenvalue weighted by molar-refractivity contribution is 6.38. The molecule has 25 heavy (non-hydrogen) atoms. The van der Waals surface area contributed by atoms with Crippen molar-refractivity contribution in [3.05, 3.63) is 46.0 Å². The Balaban J connectivity index is 2.23. The number of imidazole rings is 1. The number of aryl methyl sites for hydroxylation is 1. The number of aromatic nitrogens is 2. The van der Waals surface area contributed by atoms with E-state index >= 15 is 0 Å². The summed E-state index contributed by atoms with van der Waals surface area (Å²) in [5.74, 6) is 0.703. The fraction of sp³-hybridized carbons (Fsp3) is 0.412. The Morgan fingerprint density at radius 1 is 1.32 bits per heavy atom. The van der Waals surface area contributed by atoms with E-state index in [4.69, 9.17) is 32.8 Å². The number of nitrogens with zero attached hydrogens (tertiary/aromatic N) is 3. The third-order valence-corrected chi connectivity index (χ3v) is 4.10. The first-order chi connectivity index (χ1) is 11.6. The summed E-state index contributed by atoms with van der Waals surface area (Å²) in [6.07, 6.45) is 2.81. The van der Waals surface area contributed by atoms with E-state index in [1.807, 2.05) is 6.92 Å². The van der Waals surface area contributed by atoms with Gasteiger partial charge in [-0.25, -0.2) is 9.78 Å². The first kappa shape index (κ1) is 19.4. The molecular weight excluding hydrogens is 365 g/mol. The van der Waals surface area contributed by atoms with Crippen LogP contribution in [0.3, 0.4) is 0 Å². The number of amides is 1. The van der Waals surface area contributed by atoms with E-state index in [-0.39, 0.29) is 6.61 Å². The molecule has 0 aliphatic rings. The van der Waals surface area contributed by atoms with Gasteiger partial charge in [0.15, 0.2) is 0 Å². The maximum atomic E-state index is 12.3. The average molecular weight is 386 g/mol. The van der Waals surface area contributed by atoms with Crippen LogP contribution in [0.15, 0.2) is 24.5 Å². The van der Waals surface area contributed by atoms with Crippen molar-refractivity contribution in [2.75, 3.05) is 11.9 Å². The molecule has 0 spiro atoms. The molecule has 1 aromatic heterocycles. The quantitative estimate of drug-likeness (QED) is 0.777. The minimum atomic E-state index is -0.602. The van der Waals surface area contributed by atoms with Gasteiger partial charge in [0.2, 0.25) is 0 Å². The molecule has 136 valence electrons. The zero-order chi connectivity index (χ0) is 18.8. The molecule has 1 aromatic carbocycles. The van der Waals surface area contributed by atoms with Gasteiger partial charge >= 0.3 is 6.09 Å². The standard InChI is InChI=1S/C17H21Cl2N3O3/c1-11-20-8-9-22(11)24-10-12-13(18)6-7-14(15(12)19)21(5)16(23)25-17(2,3)4/h6-9H,10H2,1-5H3. The maximum absolute atomic E-state index is 12.3. The van der Waals surface area contributed by atoms with Crippen molar-refractivity contribution in [2.24, 2.45) is 0 Å². The molecule has 6 nitrogen and oxygen atoms in total. The number of ether oxygens (including phenoxy) is 1. The molecule has 0 aliphatic heterocycles. The molecule has 0 atom stereocenters. The summed E-state index contributed by atoms with van der Waals surface area (Å²) in [4.78, 5) is 23.3. The number of anilines is 1. The van der Waals surface area contributed by atoms with Gasteiger partial charge < -0.3 is 9.57 Å². The van der Waals surface area contributed by atoms with E-state index in [0.29, 0.717) is 27.1 Å². The van der Waals surface area contributed by atoms with Gasteiger partial charge in [0.1, 0.15) is 18.0 Å². The summed E-state index contributed by atoms with van der Waals surface area (Å²) < 4.78 is 6.89. The van der Waals surface area contributed by atoms with E-state index in [0.717, 1.165) is 0 Å². The monoisotopic (exact) mass is 385 g/mol. The predicted octanol–water partition coefficient (Wildman–Crippen LogP) is 4.50. The molecule has 0 N–H and O–H groups in total. The number of halogens is 2. The van der Waals surface area contributed by atoms with Crippen molar-refractivity contribution in [3.8, 4) is 0 Å². The molecule has 1 amide bonds. The number of carbonyl (C=O) groups is 1. The first-order valence-electron chi connectivity index (χ1n) is 7.67. The lowest BCUT2D eigenvalue weighted by atomic mass is 10.2. The molecule has 8 heteroatoms. The number of rotatable bonds is 4. The Labute approximate surface area is 157 Å². The molecule has 0 saturated heterocycles. The highest BCUT2D eigenvalue weighted by Gasteiger charge is 2.23. The second-order valence-electron chi connectivity index (χ2n) is 6.47. The molecule has 1 heterocycles. The van der Waals surface area contributed by atoms with Gasteiger partial charge in [-0.1, -0.05) is 23.2 Å². The predicted molar refractivity (Wildman–Crippen MR) is 98.3 cm³/mol. The number of hydrogen-bond acceptors (Lipinski definition) is 4. The Bertz CT molecular complexity index is 769. The largest absolute Gasteiger partial charge is 0.443 e. The van der Waals surface area contributed by atoms with Gasteiger partial charge in [-0.3, -0.25) is 4.90 Å². The summed E-state index contributed by atoms with van der Waals surface area (Å²) in [6, 6.07) is 3.34. The molecule has 2 aromatic rings. The lowest BCUT2D eigenvalue weighted by Gasteiger charge is -2.26. The van der Waals surface area contributed by atoms with Crippen LogP contribution in [0.2, 0.25) is 10.0 Å². The minimum Gasteiger partial charge on any atom is -0.443 e. The van der Waals surface area contributed by atoms with Crippen LogP contribution in [-0.2, 0) is 11.3 Å². The normalized spacial score (nSPS) is 11.3. The van der Waals surface area contributed by atoms with Crippen molar-refractivity contribution in [3.63, 3.8) is 0 Å². The van der Waals surface area contributed by atoms with E-state index in [1.54, 1.807) is 52.3 Å². The van der Waals surface area contributed by atoms with E-state index in [9.17, 15) is 4.79 Å². The zero-order valence-electron chi connectivity index (χ0n) is 14.8. The SMILES string of the molecule is Cc1nccn1OCc1c(Cl)ccc(N(C)C(=O)OC(C)(C)C)c1Cl. The molecule has 0 unspecified atom stereocenters. The highest BCUT2D eigenvalue weighted by Crippen LogP contribution is 2.34. The molecule has 0 saturated carbocycles. The van der Waals surface area contributed by atoms with Crippen LogP contribution in [-0.4, -0.2) is 28.5 Å². The first-order valence-corrected chi connectivity index (χ1v) is 8.42. The lowest BCUT2D eigenvalue weighted by Crippen LogP contribution is -2.34. The number of hydrogen-bond donors (Lipinski definition) is 0. The number of benzene rings is 1. The van der Waals surface area contributed by atoms with Crippen molar-refractivity contribution in [1.82, 2.24) is 9.71 Å². The van der Waals surface area contributed by atoms with E-state index in [1.165, 1.54) is 9.63 Å². The van der Waals surface area contributed by atoms with Crippen LogP contribution in [0.25, 0.3) is 0 Å². The molecule has 0 aliphatic carbocycles. The van der Waals surface area contributed by atoms with Gasteiger partial charge in [-0.05, 0) is 39.8 Å². The maximum Gasteiger partial charge on any atom is 0.414 e. The summed E-state index contributed by atoms with van der Waals surface area (Å²) in [6.45, 7) is 7.35. The third kappa shape index (κ3) is 4.80. The van der Waals surface area contributed by atoms with Crippen molar-refractivity contribution in [1.29, 1.82) is 0 Å². The van der Waals surface area contributed by atoms with Gasteiger partial charge in [-0.15, -0.1) is 0 Å². The summed E-state index contributed by atoms with van der Waals surface area (Å²) in [5.41, 5.74) is 0.459. The van der Waals surface area contributed by atoms with Crippen LogP contribution in [0.4, 0.5) is 10.5 Å². The molecular formula is C17H21Cl2N3O3.